The van der Waals surface area contributed by atoms with E-state index < -0.39 is 0 Å². The number of nitrogens with zero attached hydrogens (tertiary/aromatic N) is 1. The molecule has 0 radical (unpaired) electrons. The number of halogens is 1. The first-order chi connectivity index (χ1) is 14.6. The lowest BCUT2D eigenvalue weighted by atomic mass is 10.0. The summed E-state index contributed by atoms with van der Waals surface area (Å²) in [6.45, 7) is 5.70. The van der Waals surface area contributed by atoms with Gasteiger partial charge in [0.2, 0.25) is 0 Å². The molecule has 1 aliphatic rings. The van der Waals surface area contributed by atoms with Crippen LogP contribution in [-0.4, -0.2) is 36.5 Å². The zero-order valence-corrected chi connectivity index (χ0v) is 18.0. The first kappa shape index (κ1) is 20.9. The second kappa shape index (κ2) is 9.65. The summed E-state index contributed by atoms with van der Waals surface area (Å²) in [7, 11) is 0. The van der Waals surface area contributed by atoms with Crippen molar-refractivity contribution in [1.29, 1.82) is 0 Å². The number of hydrogen-bond acceptors (Lipinski definition) is 4. The summed E-state index contributed by atoms with van der Waals surface area (Å²) in [5.74, 6) is 0.213. The van der Waals surface area contributed by atoms with Crippen LogP contribution < -0.4 is 5.32 Å². The minimum absolute atomic E-state index is 0.145. The Hall–Kier alpha value is -2.34. The molecule has 1 saturated heterocycles. The molecule has 1 aromatic heterocycles. The molecule has 0 bridgehead atoms. The van der Waals surface area contributed by atoms with E-state index in [1.54, 1.807) is 0 Å². The number of piperidine rings is 1. The molecule has 1 fully saturated rings. The van der Waals surface area contributed by atoms with Gasteiger partial charge < -0.3 is 14.5 Å². The Labute approximate surface area is 181 Å². The predicted octanol–water partition coefficient (Wildman–Crippen LogP) is 5.02. The van der Waals surface area contributed by atoms with Crippen molar-refractivity contribution < 1.29 is 13.9 Å². The van der Waals surface area contributed by atoms with Gasteiger partial charge in [0.1, 0.15) is 5.58 Å². The van der Waals surface area contributed by atoms with Gasteiger partial charge in [-0.2, -0.15) is 0 Å². The van der Waals surface area contributed by atoms with Crippen molar-refractivity contribution in [1.82, 2.24) is 10.2 Å². The number of nitrogens with one attached hydrogen (secondary N) is 1. The molecule has 4 rings (SSSR count). The molecular formula is C24H27ClN2O3. The summed E-state index contributed by atoms with van der Waals surface area (Å²) in [6.07, 6.45) is 1.83. The zero-order chi connectivity index (χ0) is 20.9. The first-order valence-corrected chi connectivity index (χ1v) is 10.9. The van der Waals surface area contributed by atoms with Crippen LogP contribution in [0.15, 0.2) is 52.9 Å². The number of hydrogen-bond donors (Lipinski definition) is 1. The highest BCUT2D eigenvalue weighted by atomic mass is 35.5. The van der Waals surface area contributed by atoms with Crippen molar-refractivity contribution in [3.63, 3.8) is 0 Å². The smallest absolute Gasteiger partial charge is 0.287 e. The maximum Gasteiger partial charge on any atom is 0.287 e. The van der Waals surface area contributed by atoms with Crippen molar-refractivity contribution in [3.05, 3.63) is 70.4 Å². The van der Waals surface area contributed by atoms with Crippen LogP contribution in [0.4, 0.5) is 0 Å². The lowest BCUT2D eigenvalue weighted by Gasteiger charge is -2.32. The Balaban J connectivity index is 1.37. The summed E-state index contributed by atoms with van der Waals surface area (Å²) in [4.78, 5) is 15.4. The molecule has 3 aromatic rings. The van der Waals surface area contributed by atoms with Crippen LogP contribution in [0.25, 0.3) is 11.0 Å². The molecular weight excluding hydrogens is 400 g/mol. The maximum absolute atomic E-state index is 13.0. The number of fused-ring (bicyclic) bond motifs is 1. The highest BCUT2D eigenvalue weighted by molar-refractivity contribution is 6.30. The van der Waals surface area contributed by atoms with Crippen LogP contribution in [0.5, 0.6) is 0 Å². The molecule has 0 unspecified atom stereocenters. The van der Waals surface area contributed by atoms with Crippen molar-refractivity contribution in [3.8, 4) is 0 Å². The minimum atomic E-state index is -0.156. The van der Waals surface area contributed by atoms with Gasteiger partial charge in [0.25, 0.3) is 5.91 Å². The van der Waals surface area contributed by atoms with Gasteiger partial charge in [0, 0.05) is 48.3 Å². The Kier molecular flexibility index (Phi) is 6.72. The second-order valence-corrected chi connectivity index (χ2v) is 8.13. The normalized spacial score (nSPS) is 15.5. The third-order valence-electron chi connectivity index (χ3n) is 5.60. The van der Waals surface area contributed by atoms with Gasteiger partial charge in [-0.3, -0.25) is 9.69 Å². The molecule has 1 N–H and O–H groups in total. The predicted molar refractivity (Wildman–Crippen MR) is 119 cm³/mol. The number of ether oxygens (including phenoxy) is 1. The summed E-state index contributed by atoms with van der Waals surface area (Å²) in [6, 6.07) is 15.9. The van der Waals surface area contributed by atoms with E-state index in [1.165, 1.54) is 5.56 Å². The molecule has 0 aliphatic carbocycles. The third kappa shape index (κ3) is 4.86. The number of furan rings is 1. The molecule has 0 atom stereocenters. The quantitative estimate of drug-likeness (QED) is 0.576. The Morgan fingerprint density at radius 3 is 2.63 bits per heavy atom. The maximum atomic E-state index is 13.0. The molecule has 1 amide bonds. The number of amides is 1. The molecule has 5 nitrogen and oxygen atoms in total. The lowest BCUT2D eigenvalue weighted by Crippen LogP contribution is -2.44. The van der Waals surface area contributed by atoms with Gasteiger partial charge in [-0.25, -0.2) is 0 Å². The van der Waals surface area contributed by atoms with E-state index in [0.29, 0.717) is 19.0 Å². The number of carbonyl (C=O) groups is 1. The third-order valence-corrected chi connectivity index (χ3v) is 5.85. The van der Waals surface area contributed by atoms with E-state index in [-0.39, 0.29) is 11.9 Å². The molecule has 158 valence electrons. The van der Waals surface area contributed by atoms with Gasteiger partial charge in [-0.15, -0.1) is 0 Å². The molecule has 6 heteroatoms. The van der Waals surface area contributed by atoms with Crippen molar-refractivity contribution in [2.45, 2.75) is 39.0 Å². The largest absolute Gasteiger partial charge is 0.451 e. The van der Waals surface area contributed by atoms with Gasteiger partial charge in [0.05, 0.1) is 6.61 Å². The Morgan fingerprint density at radius 1 is 1.17 bits per heavy atom. The second-order valence-electron chi connectivity index (χ2n) is 7.69. The van der Waals surface area contributed by atoms with E-state index in [9.17, 15) is 4.79 Å². The number of benzene rings is 2. The molecule has 0 spiro atoms. The van der Waals surface area contributed by atoms with Crippen LogP contribution in [0.2, 0.25) is 5.02 Å². The highest BCUT2D eigenvalue weighted by Gasteiger charge is 2.25. The summed E-state index contributed by atoms with van der Waals surface area (Å²) < 4.78 is 11.5. The Bertz CT molecular complexity index is 991. The fraction of sp³-hybridized carbons (Fsp3) is 0.375. The molecule has 2 aromatic carbocycles. The van der Waals surface area contributed by atoms with Crippen LogP contribution >= 0.6 is 11.6 Å². The van der Waals surface area contributed by atoms with Crippen LogP contribution in [0.1, 0.15) is 41.4 Å². The summed E-state index contributed by atoms with van der Waals surface area (Å²) >= 11 is 5.97. The van der Waals surface area contributed by atoms with Crippen molar-refractivity contribution in [2.75, 3.05) is 19.7 Å². The van der Waals surface area contributed by atoms with Gasteiger partial charge in [-0.1, -0.05) is 41.9 Å². The van der Waals surface area contributed by atoms with Gasteiger partial charge in [-0.05, 0) is 43.5 Å². The molecule has 30 heavy (non-hydrogen) atoms. The van der Waals surface area contributed by atoms with Gasteiger partial charge in [0.15, 0.2) is 5.76 Å². The standard InChI is InChI=1S/C24H27ClN2O3/c1-2-29-16-21-20-5-3-4-6-22(20)30-23(21)24(28)26-19-11-13-27(14-12-19)15-17-7-9-18(25)10-8-17/h3-10,19H,2,11-16H2,1H3,(H,26,28). The average molecular weight is 427 g/mol. The van der Waals surface area contributed by atoms with Crippen molar-refractivity contribution >= 4 is 28.5 Å². The van der Waals surface area contributed by atoms with Gasteiger partial charge >= 0.3 is 0 Å². The van der Waals surface area contributed by atoms with Crippen LogP contribution in [0.3, 0.4) is 0 Å². The Morgan fingerprint density at radius 2 is 1.90 bits per heavy atom. The fourth-order valence-corrected chi connectivity index (χ4v) is 4.09. The fourth-order valence-electron chi connectivity index (χ4n) is 3.96. The van der Waals surface area contributed by atoms with E-state index in [2.05, 4.69) is 22.3 Å². The highest BCUT2D eigenvalue weighted by Crippen LogP contribution is 2.27. The molecule has 0 saturated carbocycles. The molecule has 2 heterocycles. The first-order valence-electron chi connectivity index (χ1n) is 10.5. The van der Waals surface area contributed by atoms with E-state index in [0.717, 1.165) is 54.0 Å². The van der Waals surface area contributed by atoms with E-state index in [1.807, 2.05) is 43.3 Å². The average Bonchev–Trinajstić information content (AvgIpc) is 3.14. The number of carbonyl (C=O) groups excluding carboxylic acids is 1. The van der Waals surface area contributed by atoms with Crippen LogP contribution in [0, 0.1) is 0 Å². The van der Waals surface area contributed by atoms with E-state index >= 15 is 0 Å². The summed E-state index contributed by atoms with van der Waals surface area (Å²) in [5, 5.41) is 4.87. The van der Waals surface area contributed by atoms with Crippen LogP contribution in [-0.2, 0) is 17.9 Å². The minimum Gasteiger partial charge on any atom is -0.451 e. The number of likely N-dealkylation sites (tertiary alicyclic amines) is 1. The molecule has 1 aliphatic heterocycles. The van der Waals surface area contributed by atoms with Crippen molar-refractivity contribution in [2.24, 2.45) is 0 Å². The topological polar surface area (TPSA) is 54.7 Å². The number of rotatable bonds is 7. The van der Waals surface area contributed by atoms with E-state index in [4.69, 9.17) is 20.8 Å². The zero-order valence-electron chi connectivity index (χ0n) is 17.2. The number of para-hydroxylation sites is 1. The SMILES string of the molecule is CCOCc1c(C(=O)NC2CCN(Cc3ccc(Cl)cc3)CC2)oc2ccccc12. The monoisotopic (exact) mass is 426 g/mol. The summed E-state index contributed by atoms with van der Waals surface area (Å²) in [5.41, 5.74) is 2.80. The lowest BCUT2D eigenvalue weighted by molar-refractivity contribution is 0.0871.